The number of nitrogens with one attached hydrogen (secondary N) is 1. The van der Waals surface area contributed by atoms with E-state index in [1.54, 1.807) is 0 Å². The Hall–Kier alpha value is -0.830. The SMILES string of the molecule is CC1CCCC(n2c(C(C)C)nc3c2CCNC3)CC1. The lowest BCUT2D eigenvalue weighted by molar-refractivity contribution is 0.401. The van der Waals surface area contributed by atoms with Crippen LogP contribution < -0.4 is 5.32 Å². The van der Waals surface area contributed by atoms with Gasteiger partial charge in [0.15, 0.2) is 0 Å². The van der Waals surface area contributed by atoms with Crippen molar-refractivity contribution in [3.63, 3.8) is 0 Å². The van der Waals surface area contributed by atoms with E-state index < -0.39 is 0 Å². The Labute approximate surface area is 123 Å². The summed E-state index contributed by atoms with van der Waals surface area (Å²) in [6, 6.07) is 0.701. The summed E-state index contributed by atoms with van der Waals surface area (Å²) in [7, 11) is 0. The average molecular weight is 275 g/mol. The fraction of sp³-hybridized carbons (Fsp3) is 0.824. The standard InChI is InChI=1S/C17H29N3/c1-12(2)17-19-15-11-18-10-9-16(15)20(17)14-6-4-5-13(3)7-8-14/h12-14,18H,4-11H2,1-3H3. The third kappa shape index (κ3) is 2.65. The minimum Gasteiger partial charge on any atom is -0.328 e. The molecule has 0 spiro atoms. The predicted octanol–water partition coefficient (Wildman–Crippen LogP) is 3.79. The Morgan fingerprint density at radius 2 is 2.05 bits per heavy atom. The van der Waals surface area contributed by atoms with E-state index in [9.17, 15) is 0 Å². The topological polar surface area (TPSA) is 29.9 Å². The molecule has 112 valence electrons. The van der Waals surface area contributed by atoms with Crippen LogP contribution in [0.3, 0.4) is 0 Å². The second-order valence-corrected chi connectivity index (χ2v) is 7.08. The lowest BCUT2D eigenvalue weighted by atomic mass is 10.0. The fourth-order valence-corrected chi connectivity index (χ4v) is 3.89. The minimum atomic E-state index is 0.529. The highest BCUT2D eigenvalue weighted by Crippen LogP contribution is 2.35. The number of hydrogen-bond acceptors (Lipinski definition) is 2. The van der Waals surface area contributed by atoms with Crippen molar-refractivity contribution in [2.75, 3.05) is 6.54 Å². The Kier molecular flexibility index (Phi) is 4.16. The Morgan fingerprint density at radius 1 is 1.20 bits per heavy atom. The molecule has 0 bridgehead atoms. The number of imidazole rings is 1. The first-order chi connectivity index (χ1) is 9.66. The minimum absolute atomic E-state index is 0.529. The van der Waals surface area contributed by atoms with Gasteiger partial charge < -0.3 is 9.88 Å². The monoisotopic (exact) mass is 275 g/mol. The van der Waals surface area contributed by atoms with Crippen molar-refractivity contribution in [1.29, 1.82) is 0 Å². The quantitative estimate of drug-likeness (QED) is 0.832. The van der Waals surface area contributed by atoms with Crippen molar-refractivity contribution >= 4 is 0 Å². The molecule has 1 saturated carbocycles. The smallest absolute Gasteiger partial charge is 0.112 e. The summed E-state index contributed by atoms with van der Waals surface area (Å²) in [5, 5.41) is 3.47. The maximum absolute atomic E-state index is 4.98. The number of rotatable bonds is 2. The maximum atomic E-state index is 4.98. The molecule has 3 rings (SSSR count). The van der Waals surface area contributed by atoms with Gasteiger partial charge in [-0.25, -0.2) is 4.98 Å². The van der Waals surface area contributed by atoms with Crippen LogP contribution in [0.25, 0.3) is 0 Å². The Balaban J connectivity index is 1.95. The highest BCUT2D eigenvalue weighted by atomic mass is 15.1. The van der Waals surface area contributed by atoms with E-state index in [1.807, 2.05) is 0 Å². The van der Waals surface area contributed by atoms with Gasteiger partial charge in [0.25, 0.3) is 0 Å². The average Bonchev–Trinajstić information content (AvgIpc) is 2.70. The summed E-state index contributed by atoms with van der Waals surface area (Å²) in [4.78, 5) is 4.98. The molecule has 2 heterocycles. The number of fused-ring (bicyclic) bond motifs is 1. The van der Waals surface area contributed by atoms with Crippen LogP contribution in [0.4, 0.5) is 0 Å². The molecule has 0 radical (unpaired) electrons. The molecule has 0 saturated heterocycles. The van der Waals surface area contributed by atoms with Crippen LogP contribution in [0.2, 0.25) is 0 Å². The molecule has 3 nitrogen and oxygen atoms in total. The first kappa shape index (κ1) is 14.1. The van der Waals surface area contributed by atoms with Gasteiger partial charge in [-0.15, -0.1) is 0 Å². The van der Waals surface area contributed by atoms with Gasteiger partial charge in [0, 0.05) is 37.2 Å². The molecule has 1 aliphatic carbocycles. The van der Waals surface area contributed by atoms with Gasteiger partial charge in [0.2, 0.25) is 0 Å². The van der Waals surface area contributed by atoms with Crippen LogP contribution in [0.15, 0.2) is 0 Å². The summed E-state index contributed by atoms with van der Waals surface area (Å²) in [6.07, 6.45) is 8.02. The third-order valence-electron chi connectivity index (χ3n) is 5.06. The highest BCUT2D eigenvalue weighted by molar-refractivity contribution is 5.23. The molecule has 1 aromatic heterocycles. The molecule has 1 aromatic rings. The summed E-state index contributed by atoms with van der Waals surface area (Å²) in [5.74, 6) is 2.77. The van der Waals surface area contributed by atoms with Crippen molar-refractivity contribution < 1.29 is 0 Å². The van der Waals surface area contributed by atoms with Crippen molar-refractivity contribution in [1.82, 2.24) is 14.9 Å². The molecule has 2 atom stereocenters. The van der Waals surface area contributed by atoms with Gasteiger partial charge in [-0.1, -0.05) is 33.6 Å². The van der Waals surface area contributed by atoms with E-state index in [2.05, 4.69) is 30.7 Å². The van der Waals surface area contributed by atoms with Crippen molar-refractivity contribution in [2.24, 2.45) is 5.92 Å². The second-order valence-electron chi connectivity index (χ2n) is 7.08. The molecule has 3 heteroatoms. The first-order valence-electron chi connectivity index (χ1n) is 8.47. The van der Waals surface area contributed by atoms with Crippen LogP contribution in [0.1, 0.15) is 82.0 Å². The summed E-state index contributed by atoms with van der Waals surface area (Å²) >= 11 is 0. The molecule has 20 heavy (non-hydrogen) atoms. The van der Waals surface area contributed by atoms with Crippen LogP contribution in [-0.4, -0.2) is 16.1 Å². The molecular formula is C17H29N3. The van der Waals surface area contributed by atoms with Gasteiger partial charge >= 0.3 is 0 Å². The van der Waals surface area contributed by atoms with Crippen LogP contribution in [-0.2, 0) is 13.0 Å². The highest BCUT2D eigenvalue weighted by Gasteiger charge is 2.27. The Bertz CT molecular complexity index is 461. The summed E-state index contributed by atoms with van der Waals surface area (Å²) in [5.41, 5.74) is 2.85. The molecule has 1 fully saturated rings. The van der Waals surface area contributed by atoms with Gasteiger partial charge in [0.05, 0.1) is 5.69 Å². The Morgan fingerprint density at radius 3 is 2.85 bits per heavy atom. The number of hydrogen-bond donors (Lipinski definition) is 1. The molecule has 2 aliphatic rings. The van der Waals surface area contributed by atoms with E-state index in [-0.39, 0.29) is 0 Å². The zero-order valence-electron chi connectivity index (χ0n) is 13.3. The lowest BCUT2D eigenvalue weighted by Gasteiger charge is -2.25. The van der Waals surface area contributed by atoms with E-state index in [0.29, 0.717) is 12.0 Å². The summed E-state index contributed by atoms with van der Waals surface area (Å²) in [6.45, 7) is 9.07. The van der Waals surface area contributed by atoms with Crippen molar-refractivity contribution in [3.05, 3.63) is 17.2 Å². The molecule has 1 aliphatic heterocycles. The number of nitrogens with zero attached hydrogens (tertiary/aromatic N) is 2. The lowest BCUT2D eigenvalue weighted by Crippen LogP contribution is -2.26. The van der Waals surface area contributed by atoms with Crippen LogP contribution >= 0.6 is 0 Å². The van der Waals surface area contributed by atoms with E-state index >= 15 is 0 Å². The van der Waals surface area contributed by atoms with Gasteiger partial charge in [0.1, 0.15) is 5.82 Å². The van der Waals surface area contributed by atoms with Crippen LogP contribution in [0.5, 0.6) is 0 Å². The second kappa shape index (κ2) is 5.88. The van der Waals surface area contributed by atoms with E-state index in [4.69, 9.17) is 4.98 Å². The first-order valence-corrected chi connectivity index (χ1v) is 8.47. The fourth-order valence-electron chi connectivity index (χ4n) is 3.89. The van der Waals surface area contributed by atoms with Crippen molar-refractivity contribution in [2.45, 2.75) is 77.8 Å². The normalized spacial score (nSPS) is 27.4. The zero-order valence-corrected chi connectivity index (χ0v) is 13.3. The largest absolute Gasteiger partial charge is 0.328 e. The van der Waals surface area contributed by atoms with Gasteiger partial charge in [-0.3, -0.25) is 0 Å². The molecule has 0 aromatic carbocycles. The molecule has 2 unspecified atom stereocenters. The van der Waals surface area contributed by atoms with E-state index in [0.717, 1.165) is 25.4 Å². The van der Waals surface area contributed by atoms with E-state index in [1.165, 1.54) is 49.3 Å². The molecule has 1 N–H and O–H groups in total. The molecular weight excluding hydrogens is 246 g/mol. The zero-order chi connectivity index (χ0) is 14.1. The van der Waals surface area contributed by atoms with Gasteiger partial charge in [-0.2, -0.15) is 0 Å². The predicted molar refractivity (Wildman–Crippen MR) is 83.0 cm³/mol. The van der Waals surface area contributed by atoms with Gasteiger partial charge in [-0.05, 0) is 25.2 Å². The number of aromatic nitrogens is 2. The summed E-state index contributed by atoms with van der Waals surface area (Å²) < 4.78 is 2.65. The third-order valence-corrected chi connectivity index (χ3v) is 5.06. The molecule has 0 amide bonds. The maximum Gasteiger partial charge on any atom is 0.112 e. The van der Waals surface area contributed by atoms with Crippen LogP contribution in [0, 0.1) is 5.92 Å². The van der Waals surface area contributed by atoms with Crippen molar-refractivity contribution in [3.8, 4) is 0 Å².